The minimum atomic E-state index is -2.30. The smallest absolute Gasteiger partial charge is 0.262 e. The number of amides is 1. The van der Waals surface area contributed by atoms with E-state index < -0.39 is 17.7 Å². The summed E-state index contributed by atoms with van der Waals surface area (Å²) in [4.78, 5) is 16.3. The van der Waals surface area contributed by atoms with Crippen molar-refractivity contribution in [1.29, 1.82) is 0 Å². The zero-order valence-corrected chi connectivity index (χ0v) is 14.0. The van der Waals surface area contributed by atoms with Gasteiger partial charge in [-0.25, -0.2) is 8.78 Å². The number of nitrogens with zero attached hydrogens (tertiary/aromatic N) is 1. The van der Waals surface area contributed by atoms with Crippen molar-refractivity contribution in [2.24, 2.45) is 0 Å². The lowest BCUT2D eigenvalue weighted by molar-refractivity contribution is -0.135. The fourth-order valence-corrected chi connectivity index (χ4v) is 3.29. The summed E-state index contributed by atoms with van der Waals surface area (Å²) < 4.78 is 29.3. The van der Waals surface area contributed by atoms with Gasteiger partial charge < -0.3 is 5.32 Å². The minimum absolute atomic E-state index is 0.00840. The number of pyridine rings is 1. The van der Waals surface area contributed by atoms with Crippen molar-refractivity contribution in [2.45, 2.75) is 31.2 Å². The van der Waals surface area contributed by atoms with Crippen molar-refractivity contribution < 1.29 is 13.6 Å². The molecule has 1 aliphatic rings. The van der Waals surface area contributed by atoms with E-state index >= 15 is 4.39 Å². The Balaban J connectivity index is 1.81. The molecule has 7 heteroatoms. The van der Waals surface area contributed by atoms with Crippen molar-refractivity contribution in [3.8, 4) is 0 Å². The molecule has 1 amide bonds. The first kappa shape index (κ1) is 17.1. The van der Waals surface area contributed by atoms with E-state index in [-0.39, 0.29) is 30.6 Å². The second-order valence-corrected chi connectivity index (χ2v) is 6.51. The van der Waals surface area contributed by atoms with Gasteiger partial charge in [0.2, 0.25) is 5.67 Å². The Morgan fingerprint density at radius 2 is 2.17 bits per heavy atom. The minimum Gasteiger partial charge on any atom is -0.349 e. The highest BCUT2D eigenvalue weighted by Crippen LogP contribution is 2.43. The molecule has 0 radical (unpaired) electrons. The predicted molar refractivity (Wildman–Crippen MR) is 88.4 cm³/mol. The van der Waals surface area contributed by atoms with E-state index in [0.717, 1.165) is 0 Å². The number of nitrogens with one attached hydrogen (secondary N) is 1. The van der Waals surface area contributed by atoms with Crippen LogP contribution in [0.2, 0.25) is 10.0 Å². The quantitative estimate of drug-likeness (QED) is 0.852. The number of hydrogen-bond acceptors (Lipinski definition) is 2. The van der Waals surface area contributed by atoms with Crippen LogP contribution in [0.1, 0.15) is 35.8 Å². The molecule has 3 rings (SSSR count). The van der Waals surface area contributed by atoms with Gasteiger partial charge in [-0.15, -0.1) is 0 Å². The molecule has 0 aliphatic heterocycles. The van der Waals surface area contributed by atoms with Crippen LogP contribution in [0.5, 0.6) is 0 Å². The third kappa shape index (κ3) is 3.10. The highest BCUT2D eigenvalue weighted by Gasteiger charge is 2.47. The third-order valence-corrected chi connectivity index (χ3v) is 4.71. The van der Waals surface area contributed by atoms with E-state index in [4.69, 9.17) is 23.2 Å². The molecule has 1 aromatic carbocycles. The van der Waals surface area contributed by atoms with Crippen molar-refractivity contribution in [3.05, 3.63) is 63.4 Å². The molecule has 0 fully saturated rings. The van der Waals surface area contributed by atoms with Gasteiger partial charge in [-0.2, -0.15) is 0 Å². The zero-order valence-electron chi connectivity index (χ0n) is 12.5. The largest absolute Gasteiger partial charge is 0.349 e. The number of hydrogen-bond donors (Lipinski definition) is 1. The van der Waals surface area contributed by atoms with Gasteiger partial charge in [0, 0.05) is 28.4 Å². The van der Waals surface area contributed by atoms with E-state index in [9.17, 15) is 9.18 Å². The lowest BCUT2D eigenvalue weighted by Crippen LogP contribution is -2.43. The van der Waals surface area contributed by atoms with E-state index in [2.05, 4.69) is 10.3 Å². The molecule has 2 atom stereocenters. The van der Waals surface area contributed by atoms with Crippen molar-refractivity contribution in [1.82, 2.24) is 10.3 Å². The zero-order chi connectivity index (χ0) is 17.3. The van der Waals surface area contributed by atoms with Crippen LogP contribution in [0.3, 0.4) is 0 Å². The number of benzene rings is 1. The summed E-state index contributed by atoms with van der Waals surface area (Å²) in [6.07, 6.45) is -0.283. The standard InChI is InChI=1S/C17H14Cl2F2N2O/c18-11-4-3-10(13(19)8-11)9-23-16(24)17(21)6-5-14(20)15-12(17)2-1-7-22-15/h1-4,7-8,14H,5-6,9H2,(H,23,24)/t14-,17+/m0/s1. The van der Waals surface area contributed by atoms with Crippen LogP contribution in [-0.4, -0.2) is 10.9 Å². The van der Waals surface area contributed by atoms with Gasteiger partial charge in [-0.1, -0.05) is 35.3 Å². The van der Waals surface area contributed by atoms with Crippen LogP contribution in [0, 0.1) is 0 Å². The number of alkyl halides is 2. The van der Waals surface area contributed by atoms with Gasteiger partial charge in [0.1, 0.15) is 6.17 Å². The Morgan fingerprint density at radius 1 is 1.38 bits per heavy atom. The molecule has 0 bridgehead atoms. The summed E-state index contributed by atoms with van der Waals surface area (Å²) in [7, 11) is 0. The van der Waals surface area contributed by atoms with E-state index in [1.165, 1.54) is 18.3 Å². The van der Waals surface area contributed by atoms with E-state index in [1.807, 2.05) is 0 Å². The maximum Gasteiger partial charge on any atom is 0.262 e. The van der Waals surface area contributed by atoms with Crippen LogP contribution in [0.4, 0.5) is 8.78 Å². The molecule has 2 aromatic rings. The number of rotatable bonds is 3. The molecule has 1 aromatic heterocycles. The fourth-order valence-electron chi connectivity index (χ4n) is 2.82. The number of aromatic nitrogens is 1. The Bertz CT molecular complexity index is 787. The molecule has 1 heterocycles. The number of fused-ring (bicyclic) bond motifs is 1. The predicted octanol–water partition coefficient (Wildman–Crippen LogP) is 4.67. The van der Waals surface area contributed by atoms with Gasteiger partial charge in [-0.05, 0) is 36.6 Å². The lowest BCUT2D eigenvalue weighted by atomic mass is 9.81. The molecule has 0 spiro atoms. The average molecular weight is 371 g/mol. The summed E-state index contributed by atoms with van der Waals surface area (Å²) in [5, 5.41) is 3.38. The van der Waals surface area contributed by atoms with Crippen LogP contribution >= 0.6 is 23.2 Å². The van der Waals surface area contributed by atoms with Crippen LogP contribution in [0.15, 0.2) is 36.5 Å². The van der Waals surface area contributed by atoms with Gasteiger partial charge in [-0.3, -0.25) is 9.78 Å². The molecule has 1 N–H and O–H groups in total. The molecule has 0 unspecified atom stereocenters. The van der Waals surface area contributed by atoms with Gasteiger partial charge in [0.15, 0.2) is 0 Å². The summed E-state index contributed by atoms with van der Waals surface area (Å²) in [5.41, 5.74) is -1.71. The molecule has 1 aliphatic carbocycles. The van der Waals surface area contributed by atoms with Crippen molar-refractivity contribution in [3.63, 3.8) is 0 Å². The maximum absolute atomic E-state index is 15.3. The first-order valence-electron chi connectivity index (χ1n) is 7.42. The molecular weight excluding hydrogens is 357 g/mol. The first-order valence-corrected chi connectivity index (χ1v) is 8.18. The van der Waals surface area contributed by atoms with Crippen molar-refractivity contribution in [2.75, 3.05) is 0 Å². The summed E-state index contributed by atoms with van der Waals surface area (Å²) in [6, 6.07) is 7.73. The monoisotopic (exact) mass is 370 g/mol. The fraction of sp³-hybridized carbons (Fsp3) is 0.294. The third-order valence-electron chi connectivity index (χ3n) is 4.12. The lowest BCUT2D eigenvalue weighted by Gasteiger charge is -2.31. The second kappa shape index (κ2) is 6.65. The average Bonchev–Trinajstić information content (AvgIpc) is 2.57. The molecular formula is C17H14Cl2F2N2O. The molecule has 0 saturated heterocycles. The van der Waals surface area contributed by atoms with Crippen LogP contribution in [0.25, 0.3) is 0 Å². The van der Waals surface area contributed by atoms with E-state index in [1.54, 1.807) is 18.2 Å². The first-order chi connectivity index (χ1) is 11.4. The number of carbonyl (C=O) groups is 1. The van der Waals surface area contributed by atoms with Crippen LogP contribution in [-0.2, 0) is 17.0 Å². The van der Waals surface area contributed by atoms with Gasteiger partial charge in [0.05, 0.1) is 5.69 Å². The van der Waals surface area contributed by atoms with Gasteiger partial charge >= 0.3 is 0 Å². The van der Waals surface area contributed by atoms with Crippen molar-refractivity contribution >= 4 is 29.1 Å². The molecule has 3 nitrogen and oxygen atoms in total. The van der Waals surface area contributed by atoms with Gasteiger partial charge in [0.25, 0.3) is 5.91 Å². The topological polar surface area (TPSA) is 42.0 Å². The highest BCUT2D eigenvalue weighted by molar-refractivity contribution is 6.35. The summed E-state index contributed by atoms with van der Waals surface area (Å²) >= 11 is 11.9. The Labute approximate surface area is 148 Å². The van der Waals surface area contributed by atoms with Crippen LogP contribution < -0.4 is 5.32 Å². The number of halogens is 4. The Kier molecular flexibility index (Phi) is 4.74. The second-order valence-electron chi connectivity index (χ2n) is 5.66. The Morgan fingerprint density at radius 3 is 2.92 bits per heavy atom. The summed E-state index contributed by atoms with van der Waals surface area (Å²) in [6.45, 7) is 0.0507. The normalized spacial score (nSPS) is 22.8. The molecule has 126 valence electrons. The summed E-state index contributed by atoms with van der Waals surface area (Å²) in [5.74, 6) is -0.824. The highest BCUT2D eigenvalue weighted by atomic mass is 35.5. The Hall–Kier alpha value is -1.72. The molecule has 24 heavy (non-hydrogen) atoms. The molecule has 0 saturated carbocycles. The maximum atomic E-state index is 15.3. The van der Waals surface area contributed by atoms with E-state index in [0.29, 0.717) is 15.6 Å². The number of carbonyl (C=O) groups excluding carboxylic acids is 1. The SMILES string of the molecule is O=C(NCc1ccc(Cl)cc1Cl)[C@@]1(F)CC[C@H](F)c2ncccc21.